The van der Waals surface area contributed by atoms with E-state index in [0.717, 1.165) is 11.4 Å². The minimum atomic E-state index is -3.12. The van der Waals surface area contributed by atoms with Gasteiger partial charge < -0.3 is 9.88 Å². The molecule has 0 spiro atoms. The van der Waals surface area contributed by atoms with Gasteiger partial charge in [0.1, 0.15) is 12.2 Å². The first kappa shape index (κ1) is 13.7. The van der Waals surface area contributed by atoms with Gasteiger partial charge in [-0.15, -0.1) is 10.2 Å². The third kappa shape index (κ3) is 3.62. The van der Waals surface area contributed by atoms with Crippen molar-refractivity contribution in [3.8, 4) is 0 Å². The van der Waals surface area contributed by atoms with Gasteiger partial charge in [0.25, 0.3) is 0 Å². The van der Waals surface area contributed by atoms with Crippen molar-refractivity contribution in [2.75, 3.05) is 6.26 Å². The molecule has 1 heterocycles. The first-order chi connectivity index (χ1) is 8.97. The summed E-state index contributed by atoms with van der Waals surface area (Å²) in [6.45, 7) is 1.27. The van der Waals surface area contributed by atoms with Crippen LogP contribution in [-0.4, -0.2) is 29.4 Å². The molecule has 0 aliphatic heterocycles. The van der Waals surface area contributed by atoms with E-state index >= 15 is 0 Å². The lowest BCUT2D eigenvalue weighted by Crippen LogP contribution is -2.15. The summed E-state index contributed by atoms with van der Waals surface area (Å²) < 4.78 is 24.5. The molecular formula is C12H16N4O2S. The molecule has 6 nitrogen and oxygen atoms in total. The van der Waals surface area contributed by atoms with Gasteiger partial charge in [-0.2, -0.15) is 0 Å². The molecule has 1 N–H and O–H groups in total. The van der Waals surface area contributed by atoms with Crippen LogP contribution in [0.2, 0.25) is 0 Å². The molecule has 0 aliphatic rings. The highest BCUT2D eigenvalue weighted by Gasteiger charge is 2.06. The minimum Gasteiger partial charge on any atom is -0.320 e. The molecule has 0 fully saturated rings. The topological polar surface area (TPSA) is 76.9 Å². The van der Waals surface area contributed by atoms with Crippen LogP contribution in [0.1, 0.15) is 11.4 Å². The summed E-state index contributed by atoms with van der Waals surface area (Å²) in [6.07, 6.45) is 2.85. The lowest BCUT2D eigenvalue weighted by Gasteiger charge is -2.05. The SMILES string of the molecule is Cn1cnnc1CNCc1ccc(S(C)(=O)=O)cc1. The standard InChI is InChI=1S/C12H16N4O2S/c1-16-9-14-15-12(16)8-13-7-10-3-5-11(6-4-10)19(2,17)18/h3-6,9,13H,7-8H2,1-2H3. The van der Waals surface area contributed by atoms with Crippen LogP contribution in [0, 0.1) is 0 Å². The van der Waals surface area contributed by atoms with Gasteiger partial charge in [-0.25, -0.2) is 8.42 Å². The van der Waals surface area contributed by atoms with Crippen molar-refractivity contribution in [1.82, 2.24) is 20.1 Å². The van der Waals surface area contributed by atoms with Crippen LogP contribution in [0.5, 0.6) is 0 Å². The molecule has 0 unspecified atom stereocenters. The molecule has 1 aromatic carbocycles. The number of benzene rings is 1. The molecule has 0 aliphatic carbocycles. The van der Waals surface area contributed by atoms with Gasteiger partial charge in [0.15, 0.2) is 9.84 Å². The van der Waals surface area contributed by atoms with Crippen molar-refractivity contribution >= 4 is 9.84 Å². The molecule has 2 rings (SSSR count). The van der Waals surface area contributed by atoms with Gasteiger partial charge in [-0.05, 0) is 17.7 Å². The smallest absolute Gasteiger partial charge is 0.175 e. The number of rotatable bonds is 5. The Morgan fingerprint density at radius 2 is 1.89 bits per heavy atom. The Morgan fingerprint density at radius 1 is 1.21 bits per heavy atom. The third-order valence-electron chi connectivity index (χ3n) is 2.77. The van der Waals surface area contributed by atoms with Crippen LogP contribution >= 0.6 is 0 Å². The number of nitrogens with zero attached hydrogens (tertiary/aromatic N) is 3. The van der Waals surface area contributed by atoms with Gasteiger partial charge in [-0.3, -0.25) is 0 Å². The summed E-state index contributed by atoms with van der Waals surface area (Å²) in [7, 11) is -1.24. The number of nitrogens with one attached hydrogen (secondary N) is 1. The maximum absolute atomic E-state index is 11.3. The van der Waals surface area contributed by atoms with E-state index in [0.29, 0.717) is 18.0 Å². The van der Waals surface area contributed by atoms with E-state index in [-0.39, 0.29) is 0 Å². The second-order valence-electron chi connectivity index (χ2n) is 4.38. The van der Waals surface area contributed by atoms with Crippen LogP contribution in [0.25, 0.3) is 0 Å². The van der Waals surface area contributed by atoms with E-state index in [4.69, 9.17) is 0 Å². The zero-order valence-electron chi connectivity index (χ0n) is 10.9. The molecule has 0 amide bonds. The maximum Gasteiger partial charge on any atom is 0.175 e. The average molecular weight is 280 g/mol. The molecule has 0 radical (unpaired) electrons. The number of aromatic nitrogens is 3. The van der Waals surface area contributed by atoms with E-state index in [1.807, 2.05) is 11.6 Å². The van der Waals surface area contributed by atoms with Crippen molar-refractivity contribution in [3.05, 3.63) is 42.0 Å². The second-order valence-corrected chi connectivity index (χ2v) is 6.39. The second kappa shape index (κ2) is 5.50. The fourth-order valence-corrected chi connectivity index (χ4v) is 2.27. The number of hydrogen-bond acceptors (Lipinski definition) is 5. The molecule has 0 saturated heterocycles. The molecule has 19 heavy (non-hydrogen) atoms. The quantitative estimate of drug-likeness (QED) is 0.863. The minimum absolute atomic E-state index is 0.338. The lowest BCUT2D eigenvalue weighted by atomic mass is 10.2. The van der Waals surface area contributed by atoms with E-state index < -0.39 is 9.84 Å². The summed E-state index contributed by atoms with van der Waals surface area (Å²) in [5, 5.41) is 11.0. The fourth-order valence-electron chi connectivity index (χ4n) is 1.64. The zero-order valence-corrected chi connectivity index (χ0v) is 11.7. The van der Waals surface area contributed by atoms with E-state index in [2.05, 4.69) is 15.5 Å². The summed E-state index contributed by atoms with van der Waals surface area (Å²) in [5.41, 5.74) is 1.02. The first-order valence-corrected chi connectivity index (χ1v) is 7.68. The van der Waals surface area contributed by atoms with Crippen LogP contribution in [-0.2, 0) is 30.0 Å². The predicted molar refractivity (Wildman–Crippen MR) is 71.1 cm³/mol. The fraction of sp³-hybridized carbons (Fsp3) is 0.333. The molecule has 0 atom stereocenters. The van der Waals surface area contributed by atoms with Gasteiger partial charge in [0, 0.05) is 19.8 Å². The van der Waals surface area contributed by atoms with Crippen molar-refractivity contribution in [2.24, 2.45) is 7.05 Å². The van der Waals surface area contributed by atoms with Crippen molar-refractivity contribution < 1.29 is 8.42 Å². The Morgan fingerprint density at radius 3 is 2.42 bits per heavy atom. The van der Waals surface area contributed by atoms with Crippen LogP contribution in [0.15, 0.2) is 35.5 Å². The molecule has 102 valence electrons. The molecule has 0 saturated carbocycles. The highest BCUT2D eigenvalue weighted by molar-refractivity contribution is 7.90. The Kier molecular flexibility index (Phi) is 3.96. The Balaban J connectivity index is 1.92. The normalized spacial score (nSPS) is 11.7. The van der Waals surface area contributed by atoms with E-state index in [1.54, 1.807) is 30.6 Å². The maximum atomic E-state index is 11.3. The van der Waals surface area contributed by atoms with Crippen LogP contribution in [0.3, 0.4) is 0 Å². The van der Waals surface area contributed by atoms with E-state index in [9.17, 15) is 8.42 Å². The largest absolute Gasteiger partial charge is 0.320 e. The first-order valence-electron chi connectivity index (χ1n) is 5.79. The monoisotopic (exact) mass is 280 g/mol. The molecule has 2 aromatic rings. The van der Waals surface area contributed by atoms with Crippen LogP contribution < -0.4 is 5.32 Å². The van der Waals surface area contributed by atoms with E-state index in [1.165, 1.54) is 6.26 Å². The Labute approximate surface area is 112 Å². The predicted octanol–water partition coefficient (Wildman–Crippen LogP) is 0.508. The Hall–Kier alpha value is -1.73. The van der Waals surface area contributed by atoms with Gasteiger partial charge in [-0.1, -0.05) is 12.1 Å². The molecule has 7 heteroatoms. The summed E-state index contributed by atoms with van der Waals surface area (Å²) in [6, 6.07) is 6.85. The third-order valence-corrected chi connectivity index (χ3v) is 3.90. The van der Waals surface area contributed by atoms with Crippen LogP contribution in [0.4, 0.5) is 0 Å². The summed E-state index contributed by atoms with van der Waals surface area (Å²) >= 11 is 0. The average Bonchev–Trinajstić information content (AvgIpc) is 2.75. The van der Waals surface area contributed by atoms with Gasteiger partial charge >= 0.3 is 0 Å². The number of hydrogen-bond donors (Lipinski definition) is 1. The number of aryl methyl sites for hydroxylation is 1. The lowest BCUT2D eigenvalue weighted by molar-refractivity contribution is 0.601. The summed E-state index contributed by atoms with van der Waals surface area (Å²) in [5.74, 6) is 0.854. The molecule has 1 aromatic heterocycles. The number of sulfone groups is 1. The van der Waals surface area contributed by atoms with Gasteiger partial charge in [0.05, 0.1) is 11.4 Å². The van der Waals surface area contributed by atoms with Gasteiger partial charge in [0.2, 0.25) is 0 Å². The summed E-state index contributed by atoms with van der Waals surface area (Å²) in [4.78, 5) is 0.338. The van der Waals surface area contributed by atoms with Crippen molar-refractivity contribution in [2.45, 2.75) is 18.0 Å². The highest BCUT2D eigenvalue weighted by Crippen LogP contribution is 2.10. The van der Waals surface area contributed by atoms with Crippen molar-refractivity contribution in [1.29, 1.82) is 0 Å². The highest BCUT2D eigenvalue weighted by atomic mass is 32.2. The van der Waals surface area contributed by atoms with Crippen molar-refractivity contribution in [3.63, 3.8) is 0 Å². The Bertz CT molecular complexity index is 647. The molecule has 0 bridgehead atoms. The zero-order chi connectivity index (χ0) is 13.9. The molecular weight excluding hydrogens is 264 g/mol.